The molecule has 0 spiro atoms. The number of anilines is 1. The van der Waals surface area contributed by atoms with Crippen LogP contribution in [0.1, 0.15) is 39.7 Å². The van der Waals surface area contributed by atoms with E-state index in [1.165, 1.54) is 19.0 Å². The zero-order chi connectivity index (χ0) is 27.3. The molecule has 8 nitrogen and oxygen atoms in total. The molecule has 2 aromatic carbocycles. The zero-order valence-corrected chi connectivity index (χ0v) is 23.8. The predicted molar refractivity (Wildman–Crippen MR) is 145 cm³/mol. The number of carbonyl (C=O) groups excluding carboxylic acids is 2. The van der Waals surface area contributed by atoms with Gasteiger partial charge in [0.15, 0.2) is 0 Å². The molecule has 0 aromatic heterocycles. The van der Waals surface area contributed by atoms with Gasteiger partial charge in [-0.25, -0.2) is 4.31 Å². The van der Waals surface area contributed by atoms with Crippen molar-refractivity contribution in [2.75, 3.05) is 24.9 Å². The number of nitrogens with one attached hydrogen (secondary N) is 1. The molecule has 1 N–H and O–H groups in total. The van der Waals surface area contributed by atoms with Crippen molar-refractivity contribution < 1.29 is 18.0 Å². The molecule has 0 aliphatic carbocycles. The number of hydrogen-bond donors (Lipinski definition) is 1. The maximum atomic E-state index is 13.8. The van der Waals surface area contributed by atoms with Crippen molar-refractivity contribution in [3.63, 3.8) is 0 Å². The average Bonchev–Trinajstić information content (AvgIpc) is 2.77. The summed E-state index contributed by atoms with van der Waals surface area (Å²) in [5, 5.41) is 3.70. The topological polar surface area (TPSA) is 90.0 Å². The van der Waals surface area contributed by atoms with Crippen LogP contribution < -0.4 is 9.62 Å². The van der Waals surface area contributed by atoms with Crippen LogP contribution in [0.3, 0.4) is 0 Å². The summed E-state index contributed by atoms with van der Waals surface area (Å²) < 4.78 is 28.4. The highest BCUT2D eigenvalue weighted by atomic mass is 35.5. The molecule has 198 valence electrons. The molecule has 0 heterocycles. The SMILES string of the molecule is CCC(C(=O)NC(C)(C)C)N(Cc1ccc(Cl)cc1Cl)C(=O)CN(c1ccccc1)S(=O)(=O)N(C)C. The van der Waals surface area contributed by atoms with Gasteiger partial charge in [0.1, 0.15) is 12.6 Å². The highest BCUT2D eigenvalue weighted by Crippen LogP contribution is 2.25. The maximum absolute atomic E-state index is 13.8. The van der Waals surface area contributed by atoms with Gasteiger partial charge >= 0.3 is 10.2 Å². The summed E-state index contributed by atoms with van der Waals surface area (Å²) in [7, 11) is -1.22. The van der Waals surface area contributed by atoms with Gasteiger partial charge < -0.3 is 10.2 Å². The number of hydrogen-bond acceptors (Lipinski definition) is 4. The normalized spacial score (nSPS) is 12.8. The fourth-order valence-corrected chi connectivity index (χ4v) is 5.04. The number of para-hydroxylation sites is 1. The van der Waals surface area contributed by atoms with E-state index in [9.17, 15) is 18.0 Å². The van der Waals surface area contributed by atoms with Crippen molar-refractivity contribution in [3.8, 4) is 0 Å². The number of nitrogens with zero attached hydrogens (tertiary/aromatic N) is 3. The number of rotatable bonds is 10. The number of carbonyl (C=O) groups is 2. The average molecular weight is 558 g/mol. The summed E-state index contributed by atoms with van der Waals surface area (Å²) in [6.45, 7) is 6.83. The minimum atomic E-state index is -4.01. The van der Waals surface area contributed by atoms with Crippen LogP contribution in [0.25, 0.3) is 0 Å². The van der Waals surface area contributed by atoms with Crippen LogP contribution in [0.5, 0.6) is 0 Å². The van der Waals surface area contributed by atoms with Crippen molar-refractivity contribution >= 4 is 50.9 Å². The molecule has 0 radical (unpaired) electrons. The van der Waals surface area contributed by atoms with Crippen molar-refractivity contribution in [2.45, 2.75) is 52.2 Å². The molecule has 36 heavy (non-hydrogen) atoms. The van der Waals surface area contributed by atoms with Gasteiger partial charge in [-0.2, -0.15) is 12.7 Å². The summed E-state index contributed by atoms with van der Waals surface area (Å²) in [5.41, 5.74) is 0.385. The Labute approximate surface area is 224 Å². The highest BCUT2D eigenvalue weighted by Gasteiger charge is 2.34. The largest absolute Gasteiger partial charge is 0.350 e. The highest BCUT2D eigenvalue weighted by molar-refractivity contribution is 7.90. The van der Waals surface area contributed by atoms with Crippen LogP contribution in [0.15, 0.2) is 48.5 Å². The first-order chi connectivity index (χ1) is 16.7. The minimum absolute atomic E-state index is 0.00442. The van der Waals surface area contributed by atoms with Crippen molar-refractivity contribution in [1.29, 1.82) is 0 Å². The Morgan fingerprint density at radius 3 is 2.14 bits per heavy atom. The fourth-order valence-electron chi connectivity index (χ4n) is 3.52. The minimum Gasteiger partial charge on any atom is -0.350 e. The van der Waals surface area contributed by atoms with E-state index in [-0.39, 0.29) is 12.5 Å². The lowest BCUT2D eigenvalue weighted by molar-refractivity contribution is -0.141. The van der Waals surface area contributed by atoms with Gasteiger partial charge in [-0.05, 0) is 57.0 Å². The molecule has 0 aliphatic rings. The Kier molecular flexibility index (Phi) is 10.2. The molecule has 2 aromatic rings. The molecule has 0 aliphatic heterocycles. The number of halogens is 2. The van der Waals surface area contributed by atoms with Crippen LogP contribution >= 0.6 is 23.2 Å². The van der Waals surface area contributed by atoms with E-state index in [1.54, 1.807) is 55.5 Å². The smallest absolute Gasteiger partial charge is 0.304 e. The molecule has 0 saturated heterocycles. The Morgan fingerprint density at radius 2 is 1.64 bits per heavy atom. The van der Waals surface area contributed by atoms with Gasteiger partial charge in [0.2, 0.25) is 11.8 Å². The van der Waals surface area contributed by atoms with Crippen LogP contribution in [0.2, 0.25) is 10.0 Å². The van der Waals surface area contributed by atoms with Gasteiger partial charge in [0, 0.05) is 36.2 Å². The Morgan fingerprint density at radius 1 is 1.03 bits per heavy atom. The van der Waals surface area contributed by atoms with E-state index < -0.39 is 34.2 Å². The van der Waals surface area contributed by atoms with Gasteiger partial charge in [0.05, 0.1) is 5.69 Å². The standard InChI is InChI=1S/C25H34Cl2N4O4S/c1-7-22(24(33)28-25(2,3)4)30(16-18-13-14-19(26)15-21(18)27)23(32)17-31(36(34,35)29(5)6)20-11-9-8-10-12-20/h8-15,22H,7,16-17H2,1-6H3,(H,28,33). The lowest BCUT2D eigenvalue weighted by Gasteiger charge is -2.35. The van der Waals surface area contributed by atoms with Crippen molar-refractivity contribution in [1.82, 2.24) is 14.5 Å². The number of amides is 2. The monoisotopic (exact) mass is 556 g/mol. The molecule has 1 unspecified atom stereocenters. The quantitative estimate of drug-likeness (QED) is 0.471. The molecule has 0 bridgehead atoms. The van der Waals surface area contributed by atoms with E-state index in [1.807, 2.05) is 20.8 Å². The van der Waals surface area contributed by atoms with Crippen molar-refractivity contribution in [2.24, 2.45) is 0 Å². The summed E-state index contributed by atoms with van der Waals surface area (Å²) in [6.07, 6.45) is 0.310. The molecule has 2 amide bonds. The van der Waals surface area contributed by atoms with Crippen LogP contribution in [-0.2, 0) is 26.3 Å². The third kappa shape index (κ3) is 7.83. The molecular weight excluding hydrogens is 523 g/mol. The predicted octanol–water partition coefficient (Wildman–Crippen LogP) is 4.33. The van der Waals surface area contributed by atoms with Gasteiger partial charge in [-0.15, -0.1) is 0 Å². The van der Waals surface area contributed by atoms with Crippen molar-refractivity contribution in [3.05, 3.63) is 64.1 Å². The molecule has 2 rings (SSSR count). The zero-order valence-electron chi connectivity index (χ0n) is 21.5. The second kappa shape index (κ2) is 12.3. The second-order valence-corrected chi connectivity index (χ2v) is 12.5. The first-order valence-corrected chi connectivity index (χ1v) is 13.6. The van der Waals surface area contributed by atoms with E-state index in [4.69, 9.17) is 23.2 Å². The fraction of sp³-hybridized carbons (Fsp3) is 0.440. The van der Waals surface area contributed by atoms with Gasteiger partial charge in [-0.3, -0.25) is 9.59 Å². The first kappa shape index (κ1) is 29.9. The summed E-state index contributed by atoms with van der Waals surface area (Å²) in [5.74, 6) is -0.892. The van der Waals surface area contributed by atoms with Crippen LogP contribution in [-0.4, -0.2) is 61.7 Å². The first-order valence-electron chi connectivity index (χ1n) is 11.5. The summed E-state index contributed by atoms with van der Waals surface area (Å²) in [6, 6.07) is 12.4. The molecule has 0 saturated carbocycles. The molecule has 1 atom stereocenters. The van der Waals surface area contributed by atoms with E-state index in [0.29, 0.717) is 27.7 Å². The summed E-state index contributed by atoms with van der Waals surface area (Å²) in [4.78, 5) is 28.4. The number of benzene rings is 2. The molecular formula is C25H34Cl2N4O4S. The third-order valence-corrected chi connectivity index (χ3v) is 7.71. The molecule has 0 fully saturated rings. The summed E-state index contributed by atoms with van der Waals surface area (Å²) >= 11 is 12.4. The van der Waals surface area contributed by atoms with E-state index in [2.05, 4.69) is 5.32 Å². The van der Waals surface area contributed by atoms with Gasteiger partial charge in [-0.1, -0.05) is 54.4 Å². The Balaban J connectivity index is 2.53. The Hall–Kier alpha value is -2.33. The Bertz CT molecular complexity index is 1170. The van der Waals surface area contributed by atoms with E-state index in [0.717, 1.165) is 8.61 Å². The third-order valence-electron chi connectivity index (χ3n) is 5.30. The lowest BCUT2D eigenvalue weighted by Crippen LogP contribution is -2.55. The molecule has 11 heteroatoms. The van der Waals surface area contributed by atoms with Crippen LogP contribution in [0.4, 0.5) is 5.69 Å². The van der Waals surface area contributed by atoms with Crippen LogP contribution in [0, 0.1) is 0 Å². The van der Waals surface area contributed by atoms with Gasteiger partial charge in [0.25, 0.3) is 0 Å². The lowest BCUT2D eigenvalue weighted by atomic mass is 10.1. The maximum Gasteiger partial charge on any atom is 0.304 e. The second-order valence-electron chi connectivity index (χ2n) is 9.55. The van der Waals surface area contributed by atoms with E-state index >= 15 is 0 Å².